The van der Waals surface area contributed by atoms with Gasteiger partial charge in [0.05, 0.1) is 0 Å². The standard InChI is InChI=1S/C36H37Si.3ClH.Ti/c1-25-14-26(2)18-34(17-25)37(35-19-27(3)15-28(4)20-35,36-21-29(5)16-30(6)22-36)33-13-12-32(24-33)23-31-10-8-7-9-11-31;;;;/h7-12,14-22H,13,23H2,1-6H3;3*1H;/q-1;;;;+4/p-3. The summed E-state index contributed by atoms with van der Waals surface area (Å²) >= 11 is 0. The number of benzene rings is 4. The Morgan fingerprint density at radius 1 is 0.561 bits per heavy atom. The van der Waals surface area contributed by atoms with E-state index in [9.17, 15) is 0 Å². The normalized spacial score (nSPS) is 12.1. The molecule has 0 amide bonds. The minimum atomic E-state index is -2.58. The summed E-state index contributed by atoms with van der Waals surface area (Å²) in [6.45, 7) is 13.4. The molecule has 1 aliphatic carbocycles. The van der Waals surface area contributed by atoms with Gasteiger partial charge in [-0.2, -0.15) is 5.20 Å². The second-order valence-corrected chi connectivity index (χ2v) is 14.9. The minimum Gasteiger partial charge on any atom is -1.00 e. The molecule has 210 valence electrons. The summed E-state index contributed by atoms with van der Waals surface area (Å²) in [6.07, 6.45) is 8.35. The Labute approximate surface area is 281 Å². The van der Waals surface area contributed by atoms with E-state index in [0.717, 1.165) is 12.8 Å². The molecule has 0 fully saturated rings. The van der Waals surface area contributed by atoms with Crippen molar-refractivity contribution in [3.05, 3.63) is 147 Å². The van der Waals surface area contributed by atoms with Crippen LogP contribution in [0.1, 0.15) is 45.4 Å². The molecule has 41 heavy (non-hydrogen) atoms. The van der Waals surface area contributed by atoms with Crippen LogP contribution in [0.5, 0.6) is 0 Å². The number of aryl methyl sites for hydroxylation is 6. The summed E-state index contributed by atoms with van der Waals surface area (Å²) in [5.74, 6) is 0. The summed E-state index contributed by atoms with van der Waals surface area (Å²) in [7, 11) is -2.58. The van der Waals surface area contributed by atoms with Gasteiger partial charge in [-0.1, -0.05) is 125 Å². The van der Waals surface area contributed by atoms with E-state index in [1.54, 1.807) is 0 Å². The van der Waals surface area contributed by atoms with Crippen molar-refractivity contribution in [2.45, 2.75) is 54.4 Å². The number of hydrogen-bond acceptors (Lipinski definition) is 0. The Morgan fingerprint density at radius 2 is 0.927 bits per heavy atom. The number of halogens is 3. The molecular formula is C36H37Cl3SiTi. The van der Waals surface area contributed by atoms with Crippen LogP contribution in [-0.4, -0.2) is 8.07 Å². The van der Waals surface area contributed by atoms with Crippen LogP contribution in [0, 0.1) is 47.6 Å². The van der Waals surface area contributed by atoms with Crippen molar-refractivity contribution in [2.75, 3.05) is 0 Å². The molecule has 0 heterocycles. The maximum absolute atomic E-state index is 4.03. The van der Waals surface area contributed by atoms with E-state index < -0.39 is 8.07 Å². The van der Waals surface area contributed by atoms with Crippen LogP contribution in [0.3, 0.4) is 0 Å². The van der Waals surface area contributed by atoms with Crippen molar-refractivity contribution in [1.82, 2.24) is 0 Å². The van der Waals surface area contributed by atoms with E-state index in [1.807, 2.05) is 0 Å². The molecule has 0 aromatic heterocycles. The zero-order chi connectivity index (χ0) is 26.2. The number of allylic oxidation sites excluding steroid dienone is 4. The summed E-state index contributed by atoms with van der Waals surface area (Å²) < 4.78 is 0. The fourth-order valence-electron chi connectivity index (χ4n) is 6.30. The quantitative estimate of drug-likeness (QED) is 0.127. The van der Waals surface area contributed by atoms with Gasteiger partial charge in [0.1, 0.15) is 0 Å². The van der Waals surface area contributed by atoms with Gasteiger partial charge in [-0.05, 0) is 69.1 Å². The van der Waals surface area contributed by atoms with E-state index in [4.69, 9.17) is 0 Å². The van der Waals surface area contributed by atoms with Crippen molar-refractivity contribution in [3.63, 3.8) is 0 Å². The molecule has 1 aliphatic rings. The van der Waals surface area contributed by atoms with Crippen molar-refractivity contribution in [2.24, 2.45) is 0 Å². The average molecular weight is 652 g/mol. The molecule has 4 aromatic carbocycles. The molecule has 0 N–H and O–H groups in total. The molecule has 0 nitrogen and oxygen atoms in total. The van der Waals surface area contributed by atoms with E-state index in [0.29, 0.717) is 0 Å². The first kappa shape index (κ1) is 37.2. The fraction of sp³-hybridized carbons (Fsp3) is 0.222. The maximum atomic E-state index is 4.03. The van der Waals surface area contributed by atoms with Crippen LogP contribution < -0.4 is 52.8 Å². The van der Waals surface area contributed by atoms with Crippen molar-refractivity contribution < 1.29 is 58.9 Å². The molecule has 0 bridgehead atoms. The van der Waals surface area contributed by atoms with E-state index in [2.05, 4.69) is 139 Å². The molecule has 5 rings (SSSR count). The number of hydrogen-bond donors (Lipinski definition) is 0. The van der Waals surface area contributed by atoms with Gasteiger partial charge >= 0.3 is 21.7 Å². The predicted molar refractivity (Wildman–Crippen MR) is 162 cm³/mol. The van der Waals surface area contributed by atoms with Gasteiger partial charge in [0.25, 0.3) is 0 Å². The van der Waals surface area contributed by atoms with Crippen LogP contribution in [0.2, 0.25) is 0 Å². The summed E-state index contributed by atoms with van der Waals surface area (Å²) in [5, 5.41) is 5.88. The fourth-order valence-corrected chi connectivity index (χ4v) is 11.8. The minimum absolute atomic E-state index is 0. The Kier molecular flexibility index (Phi) is 14.1. The molecule has 0 unspecified atom stereocenters. The third-order valence-electron chi connectivity index (χ3n) is 7.52. The van der Waals surface area contributed by atoms with Gasteiger partial charge in [0.2, 0.25) is 0 Å². The summed E-state index contributed by atoms with van der Waals surface area (Å²) in [5.41, 5.74) is 10.6. The van der Waals surface area contributed by atoms with E-state index >= 15 is 0 Å². The first-order valence-corrected chi connectivity index (χ1v) is 15.4. The molecule has 0 spiro atoms. The third kappa shape index (κ3) is 7.96. The summed E-state index contributed by atoms with van der Waals surface area (Å²) in [4.78, 5) is 0. The topological polar surface area (TPSA) is 0 Å². The monoisotopic (exact) mass is 650 g/mol. The summed E-state index contributed by atoms with van der Waals surface area (Å²) in [6, 6.07) is 32.5. The Hall–Kier alpha value is -1.84. The van der Waals surface area contributed by atoms with Crippen LogP contribution in [0.15, 0.2) is 102 Å². The van der Waals surface area contributed by atoms with Crippen LogP contribution in [0.4, 0.5) is 0 Å². The van der Waals surface area contributed by atoms with Crippen LogP contribution in [0.25, 0.3) is 0 Å². The third-order valence-corrected chi connectivity index (χ3v) is 12.2. The van der Waals surface area contributed by atoms with Crippen molar-refractivity contribution >= 4 is 23.6 Å². The molecule has 5 heteroatoms. The smallest absolute Gasteiger partial charge is 1.00 e. The Morgan fingerprint density at radius 3 is 1.29 bits per heavy atom. The first-order valence-electron chi connectivity index (χ1n) is 13.4. The van der Waals surface area contributed by atoms with Gasteiger partial charge in [-0.15, -0.1) is 0 Å². The molecule has 4 aromatic rings. The van der Waals surface area contributed by atoms with Crippen molar-refractivity contribution in [1.29, 1.82) is 0 Å². The van der Waals surface area contributed by atoms with Gasteiger partial charge < -0.3 is 37.2 Å². The van der Waals surface area contributed by atoms with Crippen LogP contribution in [-0.2, 0) is 28.1 Å². The maximum Gasteiger partial charge on any atom is 4.00 e. The first-order chi connectivity index (χ1) is 17.7. The zero-order valence-corrected chi connectivity index (χ0v) is 29.5. The van der Waals surface area contributed by atoms with Crippen molar-refractivity contribution in [3.8, 4) is 0 Å². The molecular weight excluding hydrogens is 615 g/mol. The van der Waals surface area contributed by atoms with E-state index in [-0.39, 0.29) is 58.9 Å². The number of rotatable bonds is 6. The van der Waals surface area contributed by atoms with Gasteiger partial charge in [0, 0.05) is 0 Å². The second-order valence-electron chi connectivity index (χ2n) is 11.1. The predicted octanol–water partition coefficient (Wildman–Crippen LogP) is -2.14. The van der Waals surface area contributed by atoms with Crippen LogP contribution >= 0.6 is 0 Å². The molecule has 0 aliphatic heterocycles. The molecule has 0 radical (unpaired) electrons. The molecule has 0 atom stereocenters. The zero-order valence-electron chi connectivity index (χ0n) is 24.7. The Bertz CT molecular complexity index is 1350. The SMILES string of the molecule is Cc1cc(C)cc([Si](C2=[C-]C(Cc3ccccc3)=CC2)(c2cc(C)cc(C)c2)c2cc(C)cc(C)c2)c1.[Cl-].[Cl-].[Cl-].[Ti+4]. The Balaban J connectivity index is 0.00000210. The van der Waals surface area contributed by atoms with Gasteiger partial charge in [-0.25, -0.2) is 11.6 Å². The second kappa shape index (κ2) is 15.6. The van der Waals surface area contributed by atoms with Gasteiger partial charge in [0.15, 0.2) is 8.07 Å². The molecule has 0 saturated carbocycles. The van der Waals surface area contributed by atoms with E-state index in [1.165, 1.54) is 65.3 Å². The largest absolute Gasteiger partial charge is 4.00 e. The average Bonchev–Trinajstić information content (AvgIpc) is 3.27. The van der Waals surface area contributed by atoms with Gasteiger partial charge in [-0.3, -0.25) is 6.08 Å². The molecule has 0 saturated heterocycles.